The monoisotopic (exact) mass is 1210 g/mol. The number of nitrogens with two attached hydrogens (primary N) is 2. The normalized spacial score (nSPS) is 13.6. The molecule has 6 heterocycles. The number of ketones is 2. The van der Waals surface area contributed by atoms with Gasteiger partial charge in [0.2, 0.25) is 11.6 Å². The Morgan fingerprint density at radius 2 is 1.09 bits per heavy atom. The maximum absolute atomic E-state index is 15.2. The van der Waals surface area contributed by atoms with E-state index in [1.165, 1.54) is 33.9 Å². The maximum atomic E-state index is 15.2. The molecule has 6 aromatic carbocycles. The number of para-hydroxylation sites is 2. The highest BCUT2D eigenvalue weighted by atomic mass is 28.3. The predicted octanol–water partition coefficient (Wildman–Crippen LogP) is 11.5. The largest absolute Gasteiger partial charge is 0.454 e. The number of aromatic amines is 1. The van der Waals surface area contributed by atoms with E-state index in [1.807, 2.05) is 22.8 Å². The summed E-state index contributed by atoms with van der Waals surface area (Å²) < 4.78 is 63.0. The number of nitrogens with one attached hydrogen (secondary N) is 1. The van der Waals surface area contributed by atoms with Crippen molar-refractivity contribution in [2.45, 2.75) is 46.3 Å². The van der Waals surface area contributed by atoms with E-state index in [2.05, 4.69) is 34.8 Å². The number of morpholine rings is 2. The van der Waals surface area contributed by atoms with Crippen molar-refractivity contribution in [2.24, 2.45) is 0 Å². The van der Waals surface area contributed by atoms with Crippen molar-refractivity contribution in [2.75, 3.05) is 70.7 Å². The van der Waals surface area contributed by atoms with E-state index in [-0.39, 0.29) is 64.4 Å². The first-order chi connectivity index (χ1) is 42.4. The minimum atomic E-state index is -1.34. The van der Waals surface area contributed by atoms with Crippen molar-refractivity contribution >= 4 is 64.9 Å². The summed E-state index contributed by atoms with van der Waals surface area (Å²) in [6, 6.07) is 38.7. The first-order valence-electron chi connectivity index (χ1n) is 28.8. The molecule has 88 heavy (non-hydrogen) atoms. The number of H-pyrrole nitrogens is 1. The standard InChI is InChI=1S/C36H40FN5O5Si.C30H26FN5O4/c1-24-18-33(47-27-8-6-5-7-9-27)29(37)21-31(24)42-35(38)28(22-39-42)34(43)32-20-26-19-25(36(44)40-12-14-45-15-13-40)10-11-30(26)41(32)23-46-16-17-48(2,3)4;1-18-13-27(40-21-5-3-2-4-6-21)23(31)16-26(18)36-29(32)22(17-33-36)28(37)25-15-20-14-19(7-8-24(20)34-25)30(38)35-9-11-39-12-10-35/h5-11,18-22H,12-17,23,38H2,1-4H3;2-8,13-17,34H,9-12,32H2,1H3. The topological polar surface area (TPSA) is 229 Å². The molecule has 10 aromatic rings. The molecule has 0 bridgehead atoms. The summed E-state index contributed by atoms with van der Waals surface area (Å²) in [7, 11) is -1.34. The molecule has 2 aliphatic heterocycles. The quantitative estimate of drug-likeness (QED) is 0.0438. The summed E-state index contributed by atoms with van der Waals surface area (Å²) in [5, 5.41) is 10.1. The van der Waals surface area contributed by atoms with Gasteiger partial charge in [-0.15, -0.1) is 0 Å². The number of aryl methyl sites for hydroxylation is 2. The number of benzene rings is 6. The van der Waals surface area contributed by atoms with E-state index in [0.29, 0.717) is 121 Å². The molecule has 5 N–H and O–H groups in total. The molecule has 0 unspecified atom stereocenters. The van der Waals surface area contributed by atoms with E-state index in [4.69, 9.17) is 35.2 Å². The SMILES string of the molecule is Cc1cc(Oc2ccccc2)c(F)cc1-n1ncc(C(=O)c2cc3cc(C(=O)N4CCOCC4)ccc3[nH]2)c1N.Cc1cc(Oc2ccccc2)c(F)cc1-n1ncc(C(=O)c2cc3cc(C(=O)N4CCOCC4)ccc3n2COCC[Si](C)(C)C)c1N. The number of fused-ring (bicyclic) bond motifs is 2. The van der Waals surface area contributed by atoms with E-state index in [9.17, 15) is 23.6 Å². The van der Waals surface area contributed by atoms with Crippen molar-refractivity contribution in [3.63, 3.8) is 0 Å². The Kier molecular flexibility index (Phi) is 17.5. The van der Waals surface area contributed by atoms with Crippen LogP contribution in [0.3, 0.4) is 0 Å². The van der Waals surface area contributed by atoms with Crippen LogP contribution in [0.15, 0.2) is 146 Å². The lowest BCUT2D eigenvalue weighted by Crippen LogP contribution is -2.40. The highest BCUT2D eigenvalue weighted by molar-refractivity contribution is 6.76. The molecule has 0 spiro atoms. The van der Waals surface area contributed by atoms with Crippen LogP contribution in [-0.4, -0.2) is 130 Å². The smallest absolute Gasteiger partial charge is 0.254 e. The third kappa shape index (κ3) is 13.0. The Morgan fingerprint density at radius 1 is 0.602 bits per heavy atom. The highest BCUT2D eigenvalue weighted by Crippen LogP contribution is 2.34. The van der Waals surface area contributed by atoms with Gasteiger partial charge in [-0.3, -0.25) is 19.2 Å². The number of aromatic nitrogens is 6. The first-order valence-corrected chi connectivity index (χ1v) is 32.5. The molecule has 0 atom stereocenters. The van der Waals surface area contributed by atoms with Crippen molar-refractivity contribution < 1.29 is 51.6 Å². The van der Waals surface area contributed by atoms with E-state index >= 15 is 4.39 Å². The summed E-state index contributed by atoms with van der Waals surface area (Å²) >= 11 is 0. The summed E-state index contributed by atoms with van der Waals surface area (Å²) in [6.45, 7) is 15.3. The molecule has 452 valence electrons. The highest BCUT2D eigenvalue weighted by Gasteiger charge is 2.28. The number of nitrogens with zero attached hydrogens (tertiary/aromatic N) is 7. The average Bonchev–Trinajstić information content (AvgIpc) is 2.27. The first kappa shape index (κ1) is 60.0. The Hall–Kier alpha value is -9.74. The molecule has 4 aromatic heterocycles. The molecule has 0 radical (unpaired) electrons. The van der Waals surface area contributed by atoms with Crippen LogP contribution in [0.1, 0.15) is 63.9 Å². The lowest BCUT2D eigenvalue weighted by atomic mass is 10.1. The number of hydrogen-bond donors (Lipinski definition) is 3. The van der Waals surface area contributed by atoms with E-state index in [0.717, 1.165) is 22.3 Å². The molecule has 2 amide bonds. The second-order valence-electron chi connectivity index (χ2n) is 22.7. The number of halogens is 2. The second-order valence-corrected chi connectivity index (χ2v) is 28.3. The number of carbonyl (C=O) groups is 4. The van der Waals surface area contributed by atoms with Gasteiger partial charge in [0.1, 0.15) is 29.9 Å². The van der Waals surface area contributed by atoms with Gasteiger partial charge in [0, 0.05) is 80.4 Å². The van der Waals surface area contributed by atoms with Gasteiger partial charge in [-0.05, 0) is 116 Å². The minimum Gasteiger partial charge on any atom is -0.454 e. The average molecular weight is 1210 g/mol. The predicted molar refractivity (Wildman–Crippen MR) is 333 cm³/mol. The third-order valence-electron chi connectivity index (χ3n) is 15.3. The van der Waals surface area contributed by atoms with Crippen molar-refractivity contribution in [3.05, 3.63) is 202 Å². The molecule has 22 heteroatoms. The number of anilines is 2. The van der Waals surface area contributed by atoms with Crippen LogP contribution in [0.2, 0.25) is 25.7 Å². The maximum Gasteiger partial charge on any atom is 0.254 e. The Balaban J connectivity index is 0.000000185. The summed E-state index contributed by atoms with van der Waals surface area (Å²) in [5.41, 5.74) is 18.5. The van der Waals surface area contributed by atoms with Gasteiger partial charge in [0.15, 0.2) is 23.1 Å². The van der Waals surface area contributed by atoms with Gasteiger partial charge in [0.25, 0.3) is 11.8 Å². The van der Waals surface area contributed by atoms with E-state index < -0.39 is 19.7 Å². The number of carbonyl (C=O) groups excluding carboxylic acids is 4. The van der Waals surface area contributed by atoms with Gasteiger partial charge in [0.05, 0.1) is 78.2 Å². The molecular weight excluding hydrogens is 1140 g/mol. The van der Waals surface area contributed by atoms with Crippen LogP contribution in [-0.2, 0) is 20.9 Å². The summed E-state index contributed by atoms with van der Waals surface area (Å²) in [6.07, 6.45) is 2.76. The molecule has 0 saturated carbocycles. The Bertz CT molecular complexity index is 4240. The lowest BCUT2D eigenvalue weighted by Gasteiger charge is -2.26. The zero-order valence-corrected chi connectivity index (χ0v) is 50.3. The number of nitrogen functional groups attached to an aromatic ring is 2. The number of rotatable bonds is 17. The van der Waals surface area contributed by atoms with Crippen LogP contribution >= 0.6 is 0 Å². The van der Waals surface area contributed by atoms with Crippen molar-refractivity contribution in [3.8, 4) is 34.4 Å². The summed E-state index contributed by atoms with van der Waals surface area (Å²) in [4.78, 5) is 60.4. The zero-order valence-electron chi connectivity index (χ0n) is 49.3. The number of ether oxygens (including phenoxy) is 5. The molecule has 2 saturated heterocycles. The fourth-order valence-electron chi connectivity index (χ4n) is 10.4. The van der Waals surface area contributed by atoms with Gasteiger partial charge in [-0.2, -0.15) is 10.2 Å². The fourth-order valence-corrected chi connectivity index (χ4v) is 11.2. The van der Waals surface area contributed by atoms with Crippen molar-refractivity contribution in [1.82, 2.24) is 38.9 Å². The Morgan fingerprint density at radius 3 is 1.60 bits per heavy atom. The van der Waals surface area contributed by atoms with Gasteiger partial charge >= 0.3 is 0 Å². The molecule has 2 aliphatic rings. The lowest BCUT2D eigenvalue weighted by molar-refractivity contribution is 0.0301. The van der Waals surface area contributed by atoms with Crippen LogP contribution in [0.5, 0.6) is 23.0 Å². The molecule has 0 aliphatic carbocycles. The van der Waals surface area contributed by atoms with Crippen LogP contribution in [0.25, 0.3) is 33.2 Å². The second kappa shape index (κ2) is 25.7. The van der Waals surface area contributed by atoms with Gasteiger partial charge < -0.3 is 54.5 Å². The summed E-state index contributed by atoms with van der Waals surface area (Å²) in [5.74, 6) is -0.796. The Labute approximate surface area is 506 Å². The van der Waals surface area contributed by atoms with Crippen LogP contribution < -0.4 is 20.9 Å². The van der Waals surface area contributed by atoms with Gasteiger partial charge in [-0.1, -0.05) is 56.0 Å². The van der Waals surface area contributed by atoms with Crippen LogP contribution in [0.4, 0.5) is 20.4 Å². The third-order valence-corrected chi connectivity index (χ3v) is 17.0. The minimum absolute atomic E-state index is 0.0644. The number of amides is 2. The number of hydrogen-bond acceptors (Lipinski definition) is 13. The van der Waals surface area contributed by atoms with Crippen LogP contribution in [0, 0.1) is 25.5 Å². The molecule has 2 fully saturated rings. The molecular formula is C66H66F2N10O9Si. The van der Waals surface area contributed by atoms with E-state index in [1.54, 1.807) is 127 Å². The zero-order chi connectivity index (χ0) is 61.8. The van der Waals surface area contributed by atoms with Crippen molar-refractivity contribution in [1.29, 1.82) is 0 Å². The van der Waals surface area contributed by atoms with Gasteiger partial charge in [-0.25, -0.2) is 18.1 Å². The fraction of sp³-hybridized carbons (Fsp3) is 0.242. The molecule has 12 rings (SSSR count). The molecule has 19 nitrogen and oxygen atoms in total.